The van der Waals surface area contributed by atoms with Crippen molar-refractivity contribution in [3.63, 3.8) is 0 Å². The van der Waals surface area contributed by atoms with Crippen LogP contribution in [0.5, 0.6) is 5.75 Å². The number of carbonyl (C=O) groups excluding carboxylic acids is 2. The molecule has 1 heterocycles. The third-order valence-corrected chi connectivity index (χ3v) is 6.02. The third kappa shape index (κ3) is 5.68. The van der Waals surface area contributed by atoms with E-state index in [2.05, 4.69) is 13.8 Å². The molecule has 6 heteroatoms. The fourth-order valence-electron chi connectivity index (χ4n) is 4.19. The van der Waals surface area contributed by atoms with Crippen LogP contribution >= 0.6 is 0 Å². The maximum absolute atomic E-state index is 13.7. The van der Waals surface area contributed by atoms with Gasteiger partial charge in [0.1, 0.15) is 5.75 Å². The summed E-state index contributed by atoms with van der Waals surface area (Å²) in [6.07, 6.45) is 0.742. The topological polar surface area (TPSA) is 74.1 Å². The maximum Gasteiger partial charge on any atom is 0.295 e. The van der Waals surface area contributed by atoms with Crippen molar-refractivity contribution in [3.8, 4) is 5.75 Å². The molecular formula is C28H36N2O4. The van der Waals surface area contributed by atoms with E-state index in [-0.39, 0.29) is 5.57 Å². The van der Waals surface area contributed by atoms with Crippen LogP contribution in [0.25, 0.3) is 5.76 Å². The zero-order valence-corrected chi connectivity index (χ0v) is 21.1. The lowest BCUT2D eigenvalue weighted by Gasteiger charge is -2.28. The van der Waals surface area contributed by atoms with Gasteiger partial charge >= 0.3 is 0 Å². The molecule has 0 spiro atoms. The minimum Gasteiger partial charge on any atom is -0.872 e. The molecule has 1 saturated heterocycles. The van der Waals surface area contributed by atoms with Crippen LogP contribution in [0.3, 0.4) is 0 Å². The number of quaternary nitrogens is 1. The van der Waals surface area contributed by atoms with Crippen molar-refractivity contribution < 1.29 is 24.3 Å². The number of likely N-dealkylation sites (tertiary alicyclic amines) is 1. The second-order valence-electron chi connectivity index (χ2n) is 9.88. The highest BCUT2D eigenvalue weighted by molar-refractivity contribution is 6.46. The molecular weight excluding hydrogens is 428 g/mol. The zero-order valence-electron chi connectivity index (χ0n) is 21.1. The van der Waals surface area contributed by atoms with Crippen LogP contribution in [0, 0.1) is 19.8 Å². The average Bonchev–Trinajstić information content (AvgIpc) is 3.02. The largest absolute Gasteiger partial charge is 0.872 e. The first-order valence-corrected chi connectivity index (χ1v) is 12.0. The van der Waals surface area contributed by atoms with Crippen LogP contribution in [0.2, 0.25) is 0 Å². The van der Waals surface area contributed by atoms with Crippen molar-refractivity contribution in [2.45, 2.75) is 40.2 Å². The molecule has 1 fully saturated rings. The lowest BCUT2D eigenvalue weighted by molar-refractivity contribution is -0.858. The molecule has 0 aromatic heterocycles. The molecule has 0 aliphatic carbocycles. The molecule has 1 atom stereocenters. The van der Waals surface area contributed by atoms with Crippen LogP contribution in [-0.2, 0) is 9.59 Å². The first-order chi connectivity index (χ1) is 16.1. The predicted octanol–water partition coefficient (Wildman–Crippen LogP) is 2.10. The number of carbonyl (C=O) groups is 2. The van der Waals surface area contributed by atoms with Crippen molar-refractivity contribution in [3.05, 3.63) is 70.3 Å². The van der Waals surface area contributed by atoms with E-state index in [4.69, 9.17) is 4.74 Å². The Morgan fingerprint density at radius 2 is 1.76 bits per heavy atom. The maximum atomic E-state index is 13.7. The first-order valence-electron chi connectivity index (χ1n) is 12.0. The van der Waals surface area contributed by atoms with Gasteiger partial charge in [-0.25, -0.2) is 0 Å². The van der Waals surface area contributed by atoms with Gasteiger partial charge in [0.2, 0.25) is 5.78 Å². The summed E-state index contributed by atoms with van der Waals surface area (Å²) < 4.78 is 5.78. The monoisotopic (exact) mass is 464 g/mol. The highest BCUT2D eigenvalue weighted by Crippen LogP contribution is 2.39. The number of Topliss-reactive ketones (excluding diaryl/α,β-unsaturated/α-hetero) is 1. The Hall–Kier alpha value is -3.12. The molecule has 0 saturated carbocycles. The van der Waals surface area contributed by atoms with Gasteiger partial charge in [0.15, 0.2) is 0 Å². The molecule has 1 aliphatic heterocycles. The summed E-state index contributed by atoms with van der Waals surface area (Å²) in [5.74, 6) is -0.624. The van der Waals surface area contributed by atoms with Crippen LogP contribution < -0.4 is 14.7 Å². The number of nitrogens with zero attached hydrogens (tertiary/aromatic N) is 1. The molecule has 3 rings (SSSR count). The van der Waals surface area contributed by atoms with Crippen molar-refractivity contribution in [2.75, 3.05) is 33.8 Å². The number of aryl methyl sites for hydroxylation is 2. The van der Waals surface area contributed by atoms with E-state index < -0.39 is 23.5 Å². The number of ether oxygens (including phenoxy) is 1. The lowest BCUT2D eigenvalue weighted by Crippen LogP contribution is -3.05. The Balaban J connectivity index is 2.04. The number of nitrogens with one attached hydrogen (secondary N) is 1. The Morgan fingerprint density at radius 1 is 1.09 bits per heavy atom. The van der Waals surface area contributed by atoms with E-state index >= 15 is 0 Å². The van der Waals surface area contributed by atoms with Gasteiger partial charge in [-0.05, 0) is 48.6 Å². The molecule has 0 bridgehead atoms. The van der Waals surface area contributed by atoms with Gasteiger partial charge in [0.05, 0.1) is 33.3 Å². The van der Waals surface area contributed by atoms with Gasteiger partial charge in [0, 0.05) is 18.5 Å². The van der Waals surface area contributed by atoms with Gasteiger partial charge in [-0.3, -0.25) is 9.59 Å². The van der Waals surface area contributed by atoms with Gasteiger partial charge in [0.25, 0.3) is 5.91 Å². The molecule has 2 aromatic rings. The number of ketones is 1. The minimum absolute atomic E-state index is 0.0324. The van der Waals surface area contributed by atoms with Gasteiger partial charge in [-0.15, -0.1) is 0 Å². The number of benzene rings is 2. The zero-order chi connectivity index (χ0) is 25.0. The third-order valence-electron chi connectivity index (χ3n) is 6.02. The second-order valence-corrected chi connectivity index (χ2v) is 9.88. The SMILES string of the molecule is Cc1ccc(C2C(=C([O-])c3ccc(OCC(C)C)cc3C)C(=O)C(=O)N2CCC[NH+](C)C)cc1. The summed E-state index contributed by atoms with van der Waals surface area (Å²) in [6, 6.07) is 12.3. The van der Waals surface area contributed by atoms with E-state index in [1.165, 1.54) is 4.90 Å². The summed E-state index contributed by atoms with van der Waals surface area (Å²) in [5, 5.41) is 13.7. The van der Waals surface area contributed by atoms with Crippen LogP contribution in [0.1, 0.15) is 48.6 Å². The Labute approximate surface area is 202 Å². The summed E-state index contributed by atoms with van der Waals surface area (Å²) in [5.41, 5.74) is 3.02. The molecule has 1 aliphatic rings. The van der Waals surface area contributed by atoms with Crippen molar-refractivity contribution in [1.82, 2.24) is 4.90 Å². The van der Waals surface area contributed by atoms with Crippen molar-refractivity contribution in [1.29, 1.82) is 0 Å². The Bertz CT molecular complexity index is 1070. The van der Waals surface area contributed by atoms with E-state index in [9.17, 15) is 14.7 Å². The molecule has 0 radical (unpaired) electrons. The second kappa shape index (κ2) is 10.9. The summed E-state index contributed by atoms with van der Waals surface area (Å²) in [7, 11) is 4.10. The average molecular weight is 465 g/mol. The van der Waals surface area contributed by atoms with E-state index in [0.29, 0.717) is 30.4 Å². The summed E-state index contributed by atoms with van der Waals surface area (Å²) in [6.45, 7) is 9.81. The number of amides is 1. The van der Waals surface area contributed by atoms with Crippen molar-refractivity contribution >= 4 is 17.4 Å². The van der Waals surface area contributed by atoms with Gasteiger partial charge < -0.3 is 19.6 Å². The van der Waals surface area contributed by atoms with Gasteiger partial charge in [-0.2, -0.15) is 0 Å². The quantitative estimate of drug-likeness (QED) is 0.350. The molecule has 6 nitrogen and oxygen atoms in total. The molecule has 1 N–H and O–H groups in total. The Morgan fingerprint density at radius 3 is 2.35 bits per heavy atom. The fraction of sp³-hybridized carbons (Fsp3) is 0.429. The number of hydrogen-bond donors (Lipinski definition) is 1. The van der Waals surface area contributed by atoms with Gasteiger partial charge in [-0.1, -0.05) is 55.5 Å². The van der Waals surface area contributed by atoms with Crippen LogP contribution in [0.15, 0.2) is 48.0 Å². The lowest BCUT2D eigenvalue weighted by atomic mass is 9.93. The molecule has 1 unspecified atom stereocenters. The predicted molar refractivity (Wildman–Crippen MR) is 131 cm³/mol. The number of rotatable bonds is 9. The summed E-state index contributed by atoms with van der Waals surface area (Å²) in [4.78, 5) is 29.0. The Kier molecular flexibility index (Phi) is 8.15. The van der Waals surface area contributed by atoms with Crippen LogP contribution in [-0.4, -0.2) is 50.4 Å². The highest BCUT2D eigenvalue weighted by atomic mass is 16.5. The minimum atomic E-state index is -0.702. The molecule has 1 amide bonds. The number of hydrogen-bond acceptors (Lipinski definition) is 4. The fourth-order valence-corrected chi connectivity index (χ4v) is 4.19. The molecule has 182 valence electrons. The van der Waals surface area contributed by atoms with E-state index in [0.717, 1.165) is 29.7 Å². The standard InChI is InChI=1S/C28H36N2O4/c1-18(2)17-34-22-12-13-23(20(4)16-22)26(31)24-25(21-10-8-19(3)9-11-21)30(28(33)27(24)32)15-7-14-29(5)6/h8-13,16,18,25,31H,7,14-15,17H2,1-6H3. The van der Waals surface area contributed by atoms with Crippen LogP contribution in [0.4, 0.5) is 0 Å². The first kappa shape index (κ1) is 25.5. The smallest absolute Gasteiger partial charge is 0.295 e. The van der Waals surface area contributed by atoms with E-state index in [1.807, 2.05) is 58.3 Å². The summed E-state index contributed by atoms with van der Waals surface area (Å²) >= 11 is 0. The van der Waals surface area contributed by atoms with E-state index in [1.54, 1.807) is 17.0 Å². The van der Waals surface area contributed by atoms with Crippen molar-refractivity contribution in [2.24, 2.45) is 5.92 Å². The molecule has 34 heavy (non-hydrogen) atoms. The highest BCUT2D eigenvalue weighted by Gasteiger charge is 2.44. The molecule has 2 aromatic carbocycles. The normalized spacial score (nSPS) is 17.8.